The van der Waals surface area contributed by atoms with E-state index in [-0.39, 0.29) is 11.3 Å². The minimum absolute atomic E-state index is 0.232. The minimum atomic E-state index is -4.78. The zero-order chi connectivity index (χ0) is 18.6. The molecular formula is C17H13F3O5. The molecule has 0 bridgehead atoms. The van der Waals surface area contributed by atoms with Gasteiger partial charge >= 0.3 is 18.3 Å². The maximum atomic E-state index is 12.2. The molecule has 2 aromatic rings. The molecule has 0 aliphatic rings. The normalized spacial score (nSPS) is 12.3. The number of halogens is 3. The first kappa shape index (κ1) is 18.3. The van der Waals surface area contributed by atoms with Gasteiger partial charge in [-0.15, -0.1) is 13.2 Å². The van der Waals surface area contributed by atoms with Gasteiger partial charge in [0.05, 0.1) is 0 Å². The van der Waals surface area contributed by atoms with Gasteiger partial charge < -0.3 is 14.6 Å². The average Bonchev–Trinajstić information content (AvgIpc) is 2.51. The smallest absolute Gasteiger partial charge is 0.478 e. The van der Waals surface area contributed by atoms with Crippen LogP contribution in [-0.2, 0) is 14.3 Å². The molecular weight excluding hydrogens is 341 g/mol. The molecule has 0 radical (unpaired) electrons. The molecule has 1 N–H and O–H groups in total. The zero-order valence-electron chi connectivity index (χ0n) is 12.9. The number of carboxylic acid groups (broad SMARTS) is 1. The number of alkyl halides is 3. The maximum Gasteiger partial charge on any atom is 0.573 e. The van der Waals surface area contributed by atoms with Crippen LogP contribution in [0, 0.1) is 0 Å². The van der Waals surface area contributed by atoms with E-state index in [4.69, 9.17) is 4.74 Å². The highest BCUT2D eigenvalue weighted by molar-refractivity contribution is 5.79. The molecule has 0 aliphatic carbocycles. The van der Waals surface area contributed by atoms with Gasteiger partial charge in [-0.1, -0.05) is 30.3 Å². The molecule has 0 fully saturated rings. The van der Waals surface area contributed by atoms with Gasteiger partial charge in [-0.25, -0.2) is 4.79 Å². The van der Waals surface area contributed by atoms with Crippen LogP contribution in [0.3, 0.4) is 0 Å². The van der Waals surface area contributed by atoms with E-state index in [0.717, 1.165) is 19.1 Å². The molecule has 0 heterocycles. The van der Waals surface area contributed by atoms with Crippen molar-refractivity contribution in [3.05, 3.63) is 54.1 Å². The number of carbonyl (C=O) groups is 2. The van der Waals surface area contributed by atoms with Crippen molar-refractivity contribution in [1.29, 1.82) is 0 Å². The Balaban J connectivity index is 2.28. The number of hydrogen-bond donors (Lipinski definition) is 1. The van der Waals surface area contributed by atoms with E-state index >= 15 is 0 Å². The summed E-state index contributed by atoms with van der Waals surface area (Å²) in [5.74, 6) is -2.44. The summed E-state index contributed by atoms with van der Waals surface area (Å²) in [6, 6.07) is 11.3. The molecule has 2 aromatic carbocycles. The van der Waals surface area contributed by atoms with Gasteiger partial charge in [-0.05, 0) is 29.3 Å². The number of aliphatic carboxylic acids is 1. The van der Waals surface area contributed by atoms with Crippen molar-refractivity contribution in [1.82, 2.24) is 0 Å². The van der Waals surface area contributed by atoms with Crippen molar-refractivity contribution in [3.63, 3.8) is 0 Å². The largest absolute Gasteiger partial charge is 0.573 e. The number of carbonyl (C=O) groups excluding carboxylic acids is 1. The van der Waals surface area contributed by atoms with E-state index < -0.39 is 24.4 Å². The molecule has 2 rings (SSSR count). The van der Waals surface area contributed by atoms with Crippen molar-refractivity contribution >= 4 is 11.9 Å². The molecule has 0 aromatic heterocycles. The molecule has 132 valence electrons. The van der Waals surface area contributed by atoms with E-state index in [1.165, 1.54) is 24.3 Å². The summed E-state index contributed by atoms with van der Waals surface area (Å²) in [7, 11) is 0. The lowest BCUT2D eigenvalue weighted by Crippen LogP contribution is -2.17. The summed E-state index contributed by atoms with van der Waals surface area (Å²) in [4.78, 5) is 22.3. The third-order valence-corrected chi connectivity index (χ3v) is 3.12. The number of hydrogen-bond acceptors (Lipinski definition) is 4. The predicted molar refractivity (Wildman–Crippen MR) is 80.7 cm³/mol. The van der Waals surface area contributed by atoms with Crippen LogP contribution in [0.15, 0.2) is 48.5 Å². The topological polar surface area (TPSA) is 72.8 Å². The predicted octanol–water partition coefficient (Wildman–Crippen LogP) is 3.94. The Morgan fingerprint density at radius 2 is 1.68 bits per heavy atom. The molecule has 0 saturated carbocycles. The van der Waals surface area contributed by atoms with Crippen molar-refractivity contribution < 1.29 is 37.3 Å². The third kappa shape index (κ3) is 5.23. The van der Waals surface area contributed by atoms with Crippen LogP contribution >= 0.6 is 0 Å². The lowest BCUT2D eigenvalue weighted by atomic mass is 10.0. The lowest BCUT2D eigenvalue weighted by Gasteiger charge is -2.14. The van der Waals surface area contributed by atoms with Gasteiger partial charge in [0, 0.05) is 12.5 Å². The monoisotopic (exact) mass is 354 g/mol. The molecule has 8 heteroatoms. The Hall–Kier alpha value is -3.03. The van der Waals surface area contributed by atoms with Gasteiger partial charge in [-0.2, -0.15) is 0 Å². The maximum absolute atomic E-state index is 12.2. The molecule has 25 heavy (non-hydrogen) atoms. The molecule has 0 aliphatic heterocycles. The van der Waals surface area contributed by atoms with Crippen LogP contribution in [0.5, 0.6) is 5.75 Å². The first-order chi connectivity index (χ1) is 11.7. The van der Waals surface area contributed by atoms with Crippen LogP contribution in [0.25, 0.3) is 11.1 Å². The van der Waals surface area contributed by atoms with Gasteiger partial charge in [-0.3, -0.25) is 4.79 Å². The van der Waals surface area contributed by atoms with E-state index in [0.29, 0.717) is 11.1 Å². The number of rotatable bonds is 5. The summed E-state index contributed by atoms with van der Waals surface area (Å²) < 4.78 is 45.1. The summed E-state index contributed by atoms with van der Waals surface area (Å²) in [6.07, 6.45) is -6.24. The van der Waals surface area contributed by atoms with Crippen molar-refractivity contribution in [2.24, 2.45) is 0 Å². The fourth-order valence-electron chi connectivity index (χ4n) is 2.16. The molecule has 5 nitrogen and oxygen atoms in total. The first-order valence-electron chi connectivity index (χ1n) is 7.02. The molecule has 0 amide bonds. The van der Waals surface area contributed by atoms with Crippen LogP contribution in [0.1, 0.15) is 18.6 Å². The first-order valence-corrected chi connectivity index (χ1v) is 7.02. The SMILES string of the molecule is CC(=O)OC(C(=O)O)c1cccc(-c2ccc(OC(F)(F)F)cc2)c1. The highest BCUT2D eigenvalue weighted by Crippen LogP contribution is 2.28. The summed E-state index contributed by atoms with van der Waals surface area (Å²) in [6.45, 7) is 1.10. The molecule has 1 atom stereocenters. The second-order valence-electron chi connectivity index (χ2n) is 5.03. The van der Waals surface area contributed by atoms with Crippen molar-refractivity contribution in [2.45, 2.75) is 19.4 Å². The van der Waals surface area contributed by atoms with E-state index in [2.05, 4.69) is 4.74 Å². The van der Waals surface area contributed by atoms with Gasteiger partial charge in [0.1, 0.15) is 5.75 Å². The summed E-state index contributed by atoms with van der Waals surface area (Å²) in [5.41, 5.74) is 1.33. The number of benzene rings is 2. The Bertz CT molecular complexity index is 769. The van der Waals surface area contributed by atoms with Crippen LogP contribution in [-0.4, -0.2) is 23.4 Å². The fourth-order valence-corrected chi connectivity index (χ4v) is 2.16. The van der Waals surface area contributed by atoms with Crippen LogP contribution in [0.4, 0.5) is 13.2 Å². The highest BCUT2D eigenvalue weighted by atomic mass is 19.4. The van der Waals surface area contributed by atoms with Gasteiger partial charge in [0.25, 0.3) is 0 Å². The van der Waals surface area contributed by atoms with Crippen LogP contribution < -0.4 is 4.74 Å². The Morgan fingerprint density at radius 1 is 1.04 bits per heavy atom. The second-order valence-corrected chi connectivity index (χ2v) is 5.03. The fraction of sp³-hybridized carbons (Fsp3) is 0.176. The quantitative estimate of drug-likeness (QED) is 0.824. The summed E-state index contributed by atoms with van der Waals surface area (Å²) >= 11 is 0. The lowest BCUT2D eigenvalue weighted by molar-refractivity contribution is -0.274. The molecule has 1 unspecified atom stereocenters. The van der Waals surface area contributed by atoms with Gasteiger partial charge in [0.15, 0.2) is 0 Å². The van der Waals surface area contributed by atoms with E-state index in [9.17, 15) is 27.9 Å². The zero-order valence-corrected chi connectivity index (χ0v) is 12.9. The van der Waals surface area contributed by atoms with Crippen LogP contribution in [0.2, 0.25) is 0 Å². The number of carboxylic acids is 1. The second kappa shape index (κ2) is 7.25. The Kier molecular flexibility index (Phi) is 5.31. The number of esters is 1. The Morgan fingerprint density at radius 3 is 2.20 bits per heavy atom. The number of ether oxygens (including phenoxy) is 2. The van der Waals surface area contributed by atoms with Gasteiger partial charge in [0.2, 0.25) is 6.10 Å². The highest BCUT2D eigenvalue weighted by Gasteiger charge is 2.31. The average molecular weight is 354 g/mol. The van der Waals surface area contributed by atoms with E-state index in [1.807, 2.05) is 0 Å². The standard InChI is InChI=1S/C17H13F3O5/c1-10(21)24-15(16(22)23)13-4-2-3-12(9-13)11-5-7-14(8-6-11)25-17(18,19)20/h2-9,15H,1H3,(H,22,23). The molecule has 0 spiro atoms. The van der Waals surface area contributed by atoms with E-state index in [1.54, 1.807) is 12.1 Å². The Labute approximate surface area is 140 Å². The third-order valence-electron chi connectivity index (χ3n) is 3.12. The minimum Gasteiger partial charge on any atom is -0.478 e. The summed E-state index contributed by atoms with van der Waals surface area (Å²) in [5, 5.41) is 9.18. The van der Waals surface area contributed by atoms with Crippen molar-refractivity contribution in [2.75, 3.05) is 0 Å². The molecule has 0 saturated heterocycles. The van der Waals surface area contributed by atoms with Crippen molar-refractivity contribution in [3.8, 4) is 16.9 Å².